The van der Waals surface area contributed by atoms with Gasteiger partial charge >= 0.3 is 0 Å². The first-order valence-electron chi connectivity index (χ1n) is 7.70. The summed E-state index contributed by atoms with van der Waals surface area (Å²) in [5.41, 5.74) is 8.95. The largest absolute Gasteiger partial charge is 0.397 e. The highest BCUT2D eigenvalue weighted by molar-refractivity contribution is 5.78. The van der Waals surface area contributed by atoms with Gasteiger partial charge in [0.2, 0.25) is 5.91 Å². The summed E-state index contributed by atoms with van der Waals surface area (Å²) in [5.74, 6) is -0.0709. The van der Waals surface area contributed by atoms with E-state index in [-0.39, 0.29) is 18.4 Å². The van der Waals surface area contributed by atoms with Crippen LogP contribution in [0.4, 0.5) is 5.69 Å². The van der Waals surface area contributed by atoms with Gasteiger partial charge in [0, 0.05) is 23.8 Å². The van der Waals surface area contributed by atoms with Crippen LogP contribution >= 0.6 is 0 Å². The Labute approximate surface area is 140 Å². The Morgan fingerprint density at radius 1 is 1.25 bits per heavy atom. The molecule has 0 aliphatic heterocycles. The molecule has 0 spiro atoms. The molecule has 2 aromatic heterocycles. The fraction of sp³-hybridized carbons (Fsp3) is 0.167. The topological polar surface area (TPSA) is 85.8 Å². The number of amides is 1. The first-order valence-corrected chi connectivity index (χ1v) is 7.70. The third kappa shape index (κ3) is 3.78. The molecular formula is C18H19N5O. The number of carbonyl (C=O) groups is 1. The summed E-state index contributed by atoms with van der Waals surface area (Å²) >= 11 is 0. The van der Waals surface area contributed by atoms with E-state index in [9.17, 15) is 4.79 Å². The van der Waals surface area contributed by atoms with Crippen molar-refractivity contribution < 1.29 is 4.79 Å². The van der Waals surface area contributed by atoms with Crippen LogP contribution in [0.25, 0.3) is 5.69 Å². The van der Waals surface area contributed by atoms with Gasteiger partial charge in [-0.2, -0.15) is 0 Å². The van der Waals surface area contributed by atoms with Gasteiger partial charge in [0.15, 0.2) is 0 Å². The number of carbonyl (C=O) groups excluding carboxylic acids is 1. The number of nitrogens with zero attached hydrogens (tertiary/aromatic N) is 3. The minimum Gasteiger partial charge on any atom is -0.397 e. The molecule has 24 heavy (non-hydrogen) atoms. The van der Waals surface area contributed by atoms with Crippen molar-refractivity contribution in [3.05, 3.63) is 72.6 Å². The molecule has 0 aliphatic rings. The predicted molar refractivity (Wildman–Crippen MR) is 92.5 cm³/mol. The number of anilines is 1. The van der Waals surface area contributed by atoms with Crippen molar-refractivity contribution in [2.75, 3.05) is 5.73 Å². The molecule has 0 aliphatic carbocycles. The number of imidazole rings is 1. The third-order valence-electron chi connectivity index (χ3n) is 3.76. The zero-order valence-electron chi connectivity index (χ0n) is 13.4. The second kappa shape index (κ2) is 6.95. The van der Waals surface area contributed by atoms with Gasteiger partial charge in [-0.05, 0) is 36.8 Å². The lowest BCUT2D eigenvalue weighted by molar-refractivity contribution is -0.121. The molecule has 1 aromatic carbocycles. The number of pyridine rings is 1. The van der Waals surface area contributed by atoms with Crippen molar-refractivity contribution in [1.82, 2.24) is 19.9 Å². The lowest BCUT2D eigenvalue weighted by atomic mass is 10.1. The smallest absolute Gasteiger partial charge is 0.226 e. The van der Waals surface area contributed by atoms with E-state index in [0.717, 1.165) is 11.3 Å². The molecule has 6 heteroatoms. The summed E-state index contributed by atoms with van der Waals surface area (Å²) in [6.45, 7) is 1.96. The molecule has 122 valence electrons. The second-order valence-corrected chi connectivity index (χ2v) is 5.61. The predicted octanol–water partition coefficient (Wildman–Crippen LogP) is 2.27. The normalized spacial score (nSPS) is 11.9. The number of hydrogen-bond donors (Lipinski definition) is 2. The van der Waals surface area contributed by atoms with Crippen LogP contribution in [-0.4, -0.2) is 20.4 Å². The lowest BCUT2D eigenvalue weighted by Crippen LogP contribution is -2.28. The average molecular weight is 321 g/mol. The Hall–Kier alpha value is -3.15. The quantitative estimate of drug-likeness (QED) is 0.755. The van der Waals surface area contributed by atoms with Gasteiger partial charge in [0.25, 0.3) is 0 Å². The van der Waals surface area contributed by atoms with Crippen molar-refractivity contribution in [1.29, 1.82) is 0 Å². The van der Waals surface area contributed by atoms with E-state index in [2.05, 4.69) is 15.3 Å². The second-order valence-electron chi connectivity index (χ2n) is 5.61. The molecule has 0 bridgehead atoms. The number of nitrogen functional groups attached to an aromatic ring is 1. The maximum Gasteiger partial charge on any atom is 0.226 e. The molecule has 3 aromatic rings. The zero-order valence-corrected chi connectivity index (χ0v) is 13.4. The maximum absolute atomic E-state index is 12.1. The molecule has 3 rings (SSSR count). The van der Waals surface area contributed by atoms with Gasteiger partial charge in [0.1, 0.15) is 0 Å². The summed E-state index contributed by atoms with van der Waals surface area (Å²) in [4.78, 5) is 20.3. The Morgan fingerprint density at radius 3 is 2.67 bits per heavy atom. The van der Waals surface area contributed by atoms with E-state index < -0.39 is 0 Å². The van der Waals surface area contributed by atoms with E-state index in [4.69, 9.17) is 5.73 Å². The highest BCUT2D eigenvalue weighted by atomic mass is 16.1. The minimum absolute atomic E-state index is 0.0709. The van der Waals surface area contributed by atoms with Gasteiger partial charge in [-0.15, -0.1) is 0 Å². The average Bonchev–Trinajstić information content (AvgIpc) is 3.11. The Kier molecular flexibility index (Phi) is 4.56. The molecule has 0 saturated heterocycles. The molecule has 1 amide bonds. The van der Waals surface area contributed by atoms with E-state index in [1.54, 1.807) is 30.9 Å². The van der Waals surface area contributed by atoms with Gasteiger partial charge < -0.3 is 15.6 Å². The van der Waals surface area contributed by atoms with E-state index in [0.29, 0.717) is 11.4 Å². The van der Waals surface area contributed by atoms with Crippen molar-refractivity contribution in [2.45, 2.75) is 19.4 Å². The molecule has 0 radical (unpaired) electrons. The molecule has 1 atom stereocenters. The molecular weight excluding hydrogens is 302 g/mol. The van der Waals surface area contributed by atoms with Crippen LogP contribution in [0.15, 0.2) is 61.3 Å². The maximum atomic E-state index is 12.1. The SMILES string of the molecule is CC(NC(=O)Cc1ccc(N)cn1)c1ccc(-n2ccnc2)cc1. The summed E-state index contributed by atoms with van der Waals surface area (Å²) in [6.07, 6.45) is 7.17. The molecule has 1 unspecified atom stereocenters. The van der Waals surface area contributed by atoms with Crippen LogP contribution in [0.2, 0.25) is 0 Å². The van der Waals surface area contributed by atoms with Crippen LogP contribution in [0, 0.1) is 0 Å². The Bertz CT molecular complexity index is 794. The van der Waals surface area contributed by atoms with E-state index >= 15 is 0 Å². The van der Waals surface area contributed by atoms with Crippen LogP contribution in [0.1, 0.15) is 24.2 Å². The Morgan fingerprint density at radius 2 is 2.04 bits per heavy atom. The highest BCUT2D eigenvalue weighted by Gasteiger charge is 2.11. The van der Waals surface area contributed by atoms with Crippen LogP contribution < -0.4 is 11.1 Å². The highest BCUT2D eigenvalue weighted by Crippen LogP contribution is 2.16. The molecule has 0 fully saturated rings. The van der Waals surface area contributed by atoms with Crippen LogP contribution in [-0.2, 0) is 11.2 Å². The van der Waals surface area contributed by atoms with Crippen molar-refractivity contribution >= 4 is 11.6 Å². The van der Waals surface area contributed by atoms with Gasteiger partial charge in [-0.3, -0.25) is 9.78 Å². The van der Waals surface area contributed by atoms with Gasteiger partial charge in [-0.25, -0.2) is 4.98 Å². The first-order chi connectivity index (χ1) is 11.6. The monoisotopic (exact) mass is 321 g/mol. The first kappa shape index (κ1) is 15.7. The fourth-order valence-electron chi connectivity index (χ4n) is 2.43. The fourth-order valence-corrected chi connectivity index (χ4v) is 2.43. The number of rotatable bonds is 5. The van der Waals surface area contributed by atoms with Crippen molar-refractivity contribution in [3.8, 4) is 5.69 Å². The van der Waals surface area contributed by atoms with Crippen LogP contribution in [0.3, 0.4) is 0 Å². The number of aromatic nitrogens is 3. The molecule has 3 N–H and O–H groups in total. The van der Waals surface area contributed by atoms with Crippen molar-refractivity contribution in [2.24, 2.45) is 0 Å². The zero-order chi connectivity index (χ0) is 16.9. The third-order valence-corrected chi connectivity index (χ3v) is 3.76. The summed E-state index contributed by atoms with van der Waals surface area (Å²) < 4.78 is 1.93. The molecule has 6 nitrogen and oxygen atoms in total. The van der Waals surface area contributed by atoms with Gasteiger partial charge in [0.05, 0.1) is 30.7 Å². The summed E-state index contributed by atoms with van der Waals surface area (Å²) in [6, 6.07) is 11.4. The van der Waals surface area contributed by atoms with E-state index in [1.807, 2.05) is 42.0 Å². The standard InChI is InChI=1S/C18H19N5O/c1-13(22-18(24)10-16-5-4-15(19)11-21-16)14-2-6-17(7-3-14)23-9-8-20-12-23/h2-9,11-13H,10,19H2,1H3,(H,22,24). The summed E-state index contributed by atoms with van der Waals surface area (Å²) in [5, 5.41) is 2.98. The number of hydrogen-bond acceptors (Lipinski definition) is 4. The molecule has 2 heterocycles. The number of nitrogens with one attached hydrogen (secondary N) is 1. The molecule has 0 saturated carbocycles. The van der Waals surface area contributed by atoms with E-state index in [1.165, 1.54) is 0 Å². The summed E-state index contributed by atoms with van der Waals surface area (Å²) in [7, 11) is 0. The lowest BCUT2D eigenvalue weighted by Gasteiger charge is -2.15. The van der Waals surface area contributed by atoms with Crippen molar-refractivity contribution in [3.63, 3.8) is 0 Å². The number of benzene rings is 1. The van der Waals surface area contributed by atoms with Gasteiger partial charge in [-0.1, -0.05) is 12.1 Å². The minimum atomic E-state index is -0.0804. The Balaban J connectivity index is 1.60. The van der Waals surface area contributed by atoms with Crippen LogP contribution in [0.5, 0.6) is 0 Å². The number of nitrogens with two attached hydrogens (primary N) is 1.